The summed E-state index contributed by atoms with van der Waals surface area (Å²) in [4.78, 5) is 14.2. The fraction of sp³-hybridized carbons (Fsp3) is 0. The number of carboxylic acids is 1. The second-order valence-electron chi connectivity index (χ2n) is 2.33. The summed E-state index contributed by atoms with van der Waals surface area (Å²) in [5.41, 5.74) is 0.490. The second-order valence-corrected chi connectivity index (χ2v) is 2.33. The van der Waals surface area contributed by atoms with Crippen LogP contribution in [0.2, 0.25) is 0 Å². The molecule has 0 radical (unpaired) electrons. The molecule has 0 saturated carbocycles. The molecule has 2 aromatic heterocycles. The third-order valence-electron chi connectivity index (χ3n) is 1.54. The van der Waals surface area contributed by atoms with Gasteiger partial charge in [-0.1, -0.05) is 0 Å². The van der Waals surface area contributed by atoms with Gasteiger partial charge < -0.3 is 14.3 Å². The van der Waals surface area contributed by atoms with Crippen molar-refractivity contribution in [1.29, 1.82) is 0 Å². The Labute approximate surface area is 85.7 Å². The molecule has 2 rings (SSSR count). The van der Waals surface area contributed by atoms with Gasteiger partial charge in [0, 0.05) is 17.1 Å². The zero-order valence-electron chi connectivity index (χ0n) is 6.98. The van der Waals surface area contributed by atoms with Gasteiger partial charge in [-0.15, -0.1) is 0 Å². The average molecular weight is 169 g/mol. The molecule has 4 nitrogen and oxygen atoms in total. The molecule has 0 saturated heterocycles. The van der Waals surface area contributed by atoms with Crippen molar-refractivity contribution in [1.82, 2.24) is 4.98 Å². The van der Waals surface area contributed by atoms with Crippen LogP contribution in [0.3, 0.4) is 0 Å². The number of furan rings is 1. The summed E-state index contributed by atoms with van der Waals surface area (Å²) >= 11 is 0. The first kappa shape index (κ1) is 9.84. The number of hydrogen-bond donors (Lipinski definition) is 0. The Morgan fingerprint density at radius 1 is 1.54 bits per heavy atom. The van der Waals surface area contributed by atoms with Gasteiger partial charge in [0.2, 0.25) is 5.71 Å². The smallest absolute Gasteiger partial charge is 0.545 e. The standard InChI is InChI=1S/C8H5NO3.Li/c10-8(11)6-3-5-1-2-12-7(5)9-4-6;/h1-4H,(H,10,11);/q;+1/p-1. The summed E-state index contributed by atoms with van der Waals surface area (Å²) in [6.45, 7) is 0. The molecule has 0 bridgehead atoms. The van der Waals surface area contributed by atoms with Gasteiger partial charge in [-0.3, -0.25) is 0 Å². The number of aromatic nitrogens is 1. The van der Waals surface area contributed by atoms with Crippen LogP contribution in [0, 0.1) is 0 Å². The topological polar surface area (TPSA) is 66.2 Å². The molecular formula is C8H4LiNO3. The van der Waals surface area contributed by atoms with Crippen molar-refractivity contribution in [3.63, 3.8) is 0 Å². The van der Waals surface area contributed by atoms with Crippen LogP contribution in [0.1, 0.15) is 10.4 Å². The molecule has 60 valence electrons. The van der Waals surface area contributed by atoms with Crippen molar-refractivity contribution in [2.45, 2.75) is 0 Å². The summed E-state index contributed by atoms with van der Waals surface area (Å²) in [6.07, 6.45) is 2.66. The van der Waals surface area contributed by atoms with Crippen LogP contribution < -0.4 is 24.0 Å². The van der Waals surface area contributed by atoms with Crippen LogP contribution in [0.4, 0.5) is 0 Å². The third kappa shape index (κ3) is 1.74. The Balaban J connectivity index is 0.000000845. The molecule has 0 atom stereocenters. The Morgan fingerprint density at radius 3 is 3.00 bits per heavy atom. The van der Waals surface area contributed by atoms with Crippen molar-refractivity contribution in [2.24, 2.45) is 0 Å². The maximum Gasteiger partial charge on any atom is 1.00 e. The molecule has 5 heteroatoms. The largest absolute Gasteiger partial charge is 1.00 e. The average Bonchev–Trinajstić information content (AvgIpc) is 2.49. The maximum atomic E-state index is 10.4. The number of hydrogen-bond acceptors (Lipinski definition) is 4. The molecule has 0 aromatic carbocycles. The molecule has 0 aliphatic heterocycles. The predicted octanol–water partition coefficient (Wildman–Crippen LogP) is -2.80. The maximum absolute atomic E-state index is 10.4. The summed E-state index contributed by atoms with van der Waals surface area (Å²) < 4.78 is 4.93. The van der Waals surface area contributed by atoms with Gasteiger partial charge in [-0.2, -0.15) is 0 Å². The van der Waals surface area contributed by atoms with E-state index in [1.54, 1.807) is 6.07 Å². The van der Waals surface area contributed by atoms with Crippen LogP contribution >= 0.6 is 0 Å². The van der Waals surface area contributed by atoms with E-state index in [4.69, 9.17) is 4.42 Å². The summed E-state index contributed by atoms with van der Waals surface area (Å²) in [5.74, 6) is -1.23. The summed E-state index contributed by atoms with van der Waals surface area (Å²) in [5, 5.41) is 11.0. The number of fused-ring (bicyclic) bond motifs is 1. The molecule has 0 N–H and O–H groups in total. The van der Waals surface area contributed by atoms with Crippen molar-refractivity contribution in [3.8, 4) is 0 Å². The van der Waals surface area contributed by atoms with Gasteiger partial charge in [-0.25, -0.2) is 4.98 Å². The van der Waals surface area contributed by atoms with Crippen LogP contribution in [0.15, 0.2) is 29.0 Å². The molecule has 13 heavy (non-hydrogen) atoms. The van der Waals surface area contributed by atoms with E-state index in [9.17, 15) is 9.90 Å². The van der Waals surface area contributed by atoms with E-state index in [0.29, 0.717) is 11.1 Å². The minimum Gasteiger partial charge on any atom is -0.545 e. The van der Waals surface area contributed by atoms with Crippen molar-refractivity contribution < 1.29 is 33.2 Å². The molecule has 0 spiro atoms. The van der Waals surface area contributed by atoms with Gasteiger partial charge in [0.25, 0.3) is 0 Å². The van der Waals surface area contributed by atoms with E-state index in [-0.39, 0.29) is 24.4 Å². The monoisotopic (exact) mass is 169 g/mol. The van der Waals surface area contributed by atoms with Crippen LogP contribution in [0.25, 0.3) is 11.1 Å². The number of carboxylic acid groups (broad SMARTS) is 1. The first-order chi connectivity index (χ1) is 5.77. The van der Waals surface area contributed by atoms with Gasteiger partial charge in [-0.05, 0) is 12.1 Å². The third-order valence-corrected chi connectivity index (χ3v) is 1.54. The normalized spacial score (nSPS) is 9.54. The SMILES string of the molecule is O=C([O-])c1cnc2occc2c1.[Li+]. The first-order valence-corrected chi connectivity index (χ1v) is 3.32. The van der Waals surface area contributed by atoms with E-state index < -0.39 is 5.97 Å². The Kier molecular flexibility index (Phi) is 2.76. The summed E-state index contributed by atoms with van der Waals surface area (Å²) in [6, 6.07) is 3.11. The van der Waals surface area contributed by atoms with Crippen molar-refractivity contribution >= 4 is 17.1 Å². The minimum atomic E-state index is -1.23. The Morgan fingerprint density at radius 2 is 2.31 bits per heavy atom. The molecule has 0 unspecified atom stereocenters. The fourth-order valence-electron chi connectivity index (χ4n) is 0.971. The van der Waals surface area contributed by atoms with Gasteiger partial charge in [0.15, 0.2) is 0 Å². The number of pyridine rings is 1. The minimum absolute atomic E-state index is 0. The molecule has 0 aliphatic carbocycles. The van der Waals surface area contributed by atoms with Crippen LogP contribution in [-0.4, -0.2) is 11.0 Å². The Bertz CT molecular complexity index is 438. The number of nitrogens with zero attached hydrogens (tertiary/aromatic N) is 1. The number of aromatic carboxylic acids is 1. The quantitative estimate of drug-likeness (QED) is 0.432. The van der Waals surface area contributed by atoms with E-state index in [1.165, 1.54) is 18.5 Å². The number of rotatable bonds is 1. The molecular weight excluding hydrogens is 165 g/mol. The summed E-state index contributed by atoms with van der Waals surface area (Å²) in [7, 11) is 0. The molecule has 2 aromatic rings. The first-order valence-electron chi connectivity index (χ1n) is 3.32. The molecule has 0 aliphatic rings. The van der Waals surface area contributed by atoms with E-state index in [1.807, 2.05) is 0 Å². The van der Waals surface area contributed by atoms with Gasteiger partial charge in [0.05, 0.1) is 12.2 Å². The second kappa shape index (κ2) is 3.65. The number of carbonyl (C=O) groups excluding carboxylic acids is 1. The van der Waals surface area contributed by atoms with Crippen molar-refractivity contribution in [3.05, 3.63) is 30.2 Å². The van der Waals surface area contributed by atoms with Gasteiger partial charge in [0.1, 0.15) is 0 Å². The van der Waals surface area contributed by atoms with Crippen LogP contribution in [0.5, 0.6) is 0 Å². The van der Waals surface area contributed by atoms with E-state index >= 15 is 0 Å². The molecule has 0 fully saturated rings. The van der Waals surface area contributed by atoms with Crippen LogP contribution in [-0.2, 0) is 0 Å². The number of carbonyl (C=O) groups is 1. The molecule has 2 heterocycles. The predicted molar refractivity (Wildman–Crippen MR) is 38.3 cm³/mol. The Hall–Kier alpha value is -1.24. The zero-order valence-corrected chi connectivity index (χ0v) is 6.98. The van der Waals surface area contributed by atoms with E-state index in [2.05, 4.69) is 4.98 Å². The fourth-order valence-corrected chi connectivity index (χ4v) is 0.971. The van der Waals surface area contributed by atoms with Gasteiger partial charge >= 0.3 is 18.9 Å². The van der Waals surface area contributed by atoms with Crippen molar-refractivity contribution in [2.75, 3.05) is 0 Å². The zero-order chi connectivity index (χ0) is 8.55. The molecule has 0 amide bonds. The van der Waals surface area contributed by atoms with E-state index in [0.717, 1.165) is 0 Å².